The van der Waals surface area contributed by atoms with Crippen molar-refractivity contribution >= 4 is 23.4 Å². The summed E-state index contributed by atoms with van der Waals surface area (Å²) < 4.78 is 20.5. The first kappa shape index (κ1) is 22.9. The number of halogens is 1. The van der Waals surface area contributed by atoms with Crippen molar-refractivity contribution in [1.82, 2.24) is 10.2 Å². The molecule has 1 N–H and O–H groups in total. The van der Waals surface area contributed by atoms with E-state index in [9.17, 15) is 18.8 Å². The first-order valence-corrected chi connectivity index (χ1v) is 11.2. The molecule has 0 saturated carbocycles. The number of benzene rings is 2. The summed E-state index contributed by atoms with van der Waals surface area (Å²) in [5.41, 5.74) is 2.44. The van der Waals surface area contributed by atoms with Crippen LogP contribution < -0.4 is 10.2 Å². The number of nitrogens with zero attached hydrogens (tertiary/aromatic N) is 2. The van der Waals surface area contributed by atoms with E-state index in [0.717, 1.165) is 5.56 Å². The van der Waals surface area contributed by atoms with Crippen LogP contribution in [0.3, 0.4) is 0 Å². The summed E-state index contributed by atoms with van der Waals surface area (Å²) in [5.74, 6) is -0.941. The highest BCUT2D eigenvalue weighted by Crippen LogP contribution is 2.24. The van der Waals surface area contributed by atoms with E-state index in [0.29, 0.717) is 29.9 Å². The first-order chi connectivity index (χ1) is 15.8. The lowest BCUT2D eigenvalue weighted by Crippen LogP contribution is -2.45. The predicted octanol–water partition coefficient (Wildman–Crippen LogP) is 3.02. The van der Waals surface area contributed by atoms with Crippen molar-refractivity contribution in [3.05, 3.63) is 65.0 Å². The molecule has 2 aliphatic heterocycles. The number of ether oxygens (including phenoxy) is 1. The number of likely N-dealkylation sites (tertiary alicyclic amines) is 1. The summed E-state index contributed by atoms with van der Waals surface area (Å²) in [6.07, 6.45) is 0.585. The minimum Gasteiger partial charge on any atom is -0.372 e. The fourth-order valence-corrected chi connectivity index (χ4v) is 4.32. The number of carbonyl (C=O) groups excluding carboxylic acids is 3. The molecule has 174 valence electrons. The van der Waals surface area contributed by atoms with Gasteiger partial charge in [-0.2, -0.15) is 0 Å². The van der Waals surface area contributed by atoms with Gasteiger partial charge < -0.3 is 15.0 Å². The van der Waals surface area contributed by atoms with Gasteiger partial charge in [-0.05, 0) is 49.2 Å². The van der Waals surface area contributed by atoms with Crippen LogP contribution in [0.4, 0.5) is 10.1 Å². The summed E-state index contributed by atoms with van der Waals surface area (Å²) in [7, 11) is 0. The Hall–Kier alpha value is -3.26. The molecular formula is C25H28FN3O4. The second-order valence-electron chi connectivity index (χ2n) is 8.70. The van der Waals surface area contributed by atoms with Crippen molar-refractivity contribution in [1.29, 1.82) is 0 Å². The number of imide groups is 1. The molecule has 2 unspecified atom stereocenters. The number of rotatable bonds is 6. The smallest absolute Gasteiger partial charge is 0.251 e. The van der Waals surface area contributed by atoms with Crippen molar-refractivity contribution in [3.63, 3.8) is 0 Å². The Kier molecular flexibility index (Phi) is 6.74. The SMILES string of the molecule is CC1CN(c2ccc(CNC(=O)c3ccc(CN4C(=O)CCC4=O)cc3)cc2F)CC(C)O1. The van der Waals surface area contributed by atoms with E-state index >= 15 is 0 Å². The number of anilines is 1. The summed E-state index contributed by atoms with van der Waals surface area (Å²) in [6, 6.07) is 11.8. The molecule has 8 heteroatoms. The molecule has 2 heterocycles. The van der Waals surface area contributed by atoms with Gasteiger partial charge in [0.2, 0.25) is 11.8 Å². The lowest BCUT2D eigenvalue weighted by atomic mass is 10.1. The average molecular weight is 454 g/mol. The maximum Gasteiger partial charge on any atom is 0.251 e. The maximum absolute atomic E-state index is 14.8. The summed E-state index contributed by atoms with van der Waals surface area (Å²) in [5, 5.41) is 2.80. The van der Waals surface area contributed by atoms with Crippen LogP contribution in [-0.4, -0.2) is 47.9 Å². The number of amides is 3. The van der Waals surface area contributed by atoms with Crippen molar-refractivity contribution in [3.8, 4) is 0 Å². The second-order valence-corrected chi connectivity index (χ2v) is 8.70. The van der Waals surface area contributed by atoms with Gasteiger partial charge in [-0.1, -0.05) is 18.2 Å². The van der Waals surface area contributed by atoms with E-state index in [1.807, 2.05) is 24.8 Å². The quantitative estimate of drug-likeness (QED) is 0.681. The first-order valence-electron chi connectivity index (χ1n) is 11.2. The monoisotopic (exact) mass is 453 g/mol. The summed E-state index contributed by atoms with van der Waals surface area (Å²) >= 11 is 0. The molecule has 7 nitrogen and oxygen atoms in total. The molecule has 2 saturated heterocycles. The molecule has 2 fully saturated rings. The lowest BCUT2D eigenvalue weighted by molar-refractivity contribution is -0.139. The van der Waals surface area contributed by atoms with Crippen LogP contribution in [0.1, 0.15) is 48.2 Å². The molecule has 33 heavy (non-hydrogen) atoms. The van der Waals surface area contributed by atoms with Crippen LogP contribution in [0.25, 0.3) is 0 Å². The molecule has 0 aliphatic carbocycles. The molecular weight excluding hydrogens is 425 g/mol. The largest absolute Gasteiger partial charge is 0.372 e. The van der Waals surface area contributed by atoms with Gasteiger partial charge in [0.15, 0.2) is 0 Å². The Morgan fingerprint density at radius 2 is 1.61 bits per heavy atom. The molecule has 0 spiro atoms. The van der Waals surface area contributed by atoms with Crippen molar-refractivity contribution in [2.24, 2.45) is 0 Å². The number of carbonyl (C=O) groups is 3. The Morgan fingerprint density at radius 1 is 1.00 bits per heavy atom. The van der Waals surface area contributed by atoms with Gasteiger partial charge >= 0.3 is 0 Å². The highest BCUT2D eigenvalue weighted by molar-refractivity contribution is 6.01. The standard InChI is InChI=1S/C25H28FN3O4/c1-16-13-28(14-17(2)33-16)22-8-5-19(11-21(22)26)12-27-25(32)20-6-3-18(4-7-20)15-29-23(30)9-10-24(29)31/h3-8,11,16-17H,9-10,12-15H2,1-2H3,(H,27,32). The third-order valence-electron chi connectivity index (χ3n) is 5.94. The second kappa shape index (κ2) is 9.70. The Labute approximate surface area is 192 Å². The fourth-order valence-electron chi connectivity index (χ4n) is 4.32. The molecule has 2 aromatic rings. The van der Waals surface area contributed by atoms with E-state index in [4.69, 9.17) is 4.74 Å². The fraction of sp³-hybridized carbons (Fsp3) is 0.400. The van der Waals surface area contributed by atoms with E-state index in [2.05, 4.69) is 5.32 Å². The maximum atomic E-state index is 14.8. The van der Waals surface area contributed by atoms with Crippen LogP contribution in [0, 0.1) is 5.82 Å². The van der Waals surface area contributed by atoms with Gasteiger partial charge in [-0.15, -0.1) is 0 Å². The number of hydrogen-bond acceptors (Lipinski definition) is 5. The zero-order valence-electron chi connectivity index (χ0n) is 18.8. The zero-order valence-corrected chi connectivity index (χ0v) is 18.8. The number of nitrogens with one attached hydrogen (secondary N) is 1. The van der Waals surface area contributed by atoms with Crippen LogP contribution >= 0.6 is 0 Å². The zero-order chi connectivity index (χ0) is 23.5. The molecule has 2 aromatic carbocycles. The van der Waals surface area contributed by atoms with Crippen molar-refractivity contribution in [2.45, 2.75) is 52.0 Å². The Morgan fingerprint density at radius 3 is 2.21 bits per heavy atom. The van der Waals surface area contributed by atoms with Crippen LogP contribution in [0.2, 0.25) is 0 Å². The number of hydrogen-bond donors (Lipinski definition) is 1. The van der Waals surface area contributed by atoms with Gasteiger partial charge in [0.25, 0.3) is 5.91 Å². The molecule has 0 bridgehead atoms. The Bertz CT molecular complexity index is 1030. The van der Waals surface area contributed by atoms with Crippen LogP contribution in [-0.2, 0) is 27.4 Å². The molecule has 0 aromatic heterocycles. The summed E-state index contributed by atoms with van der Waals surface area (Å²) in [6.45, 7) is 5.63. The van der Waals surface area contributed by atoms with Crippen LogP contribution in [0.15, 0.2) is 42.5 Å². The van der Waals surface area contributed by atoms with E-state index < -0.39 is 0 Å². The molecule has 4 rings (SSSR count). The van der Waals surface area contributed by atoms with Crippen molar-refractivity contribution < 1.29 is 23.5 Å². The average Bonchev–Trinajstić information content (AvgIpc) is 3.09. The highest BCUT2D eigenvalue weighted by Gasteiger charge is 2.28. The van der Waals surface area contributed by atoms with E-state index in [1.54, 1.807) is 30.3 Å². The topological polar surface area (TPSA) is 79.0 Å². The minimum atomic E-state index is -0.321. The minimum absolute atomic E-state index is 0.0369. The van der Waals surface area contributed by atoms with Crippen LogP contribution in [0.5, 0.6) is 0 Å². The third kappa shape index (κ3) is 5.39. The van der Waals surface area contributed by atoms with Gasteiger partial charge in [0.1, 0.15) is 5.82 Å². The molecule has 0 radical (unpaired) electrons. The lowest BCUT2D eigenvalue weighted by Gasteiger charge is -2.37. The van der Waals surface area contributed by atoms with E-state index in [-0.39, 0.29) is 61.7 Å². The molecule has 3 amide bonds. The van der Waals surface area contributed by atoms with Gasteiger partial charge in [-0.25, -0.2) is 4.39 Å². The highest BCUT2D eigenvalue weighted by atomic mass is 19.1. The Balaban J connectivity index is 1.33. The van der Waals surface area contributed by atoms with Gasteiger partial charge in [0, 0.05) is 38.0 Å². The van der Waals surface area contributed by atoms with Gasteiger partial charge in [0.05, 0.1) is 24.4 Å². The third-order valence-corrected chi connectivity index (χ3v) is 5.94. The molecule has 2 aliphatic rings. The number of morpholine rings is 1. The van der Waals surface area contributed by atoms with Gasteiger partial charge in [-0.3, -0.25) is 19.3 Å². The van der Waals surface area contributed by atoms with Crippen molar-refractivity contribution in [2.75, 3.05) is 18.0 Å². The molecule has 2 atom stereocenters. The van der Waals surface area contributed by atoms with E-state index in [1.165, 1.54) is 11.0 Å². The normalized spacial score (nSPS) is 20.9. The predicted molar refractivity (Wildman–Crippen MR) is 121 cm³/mol. The summed E-state index contributed by atoms with van der Waals surface area (Å²) in [4.78, 5) is 39.2.